The molecule has 0 atom stereocenters. The predicted octanol–water partition coefficient (Wildman–Crippen LogP) is 1.94. The van der Waals surface area contributed by atoms with Crippen molar-refractivity contribution >= 4 is 12.2 Å². The van der Waals surface area contributed by atoms with Gasteiger partial charge in [0.2, 0.25) is 0 Å². The van der Waals surface area contributed by atoms with Gasteiger partial charge in [0.15, 0.2) is 0 Å². The maximum Gasteiger partial charge on any atom is 0.330 e. The van der Waals surface area contributed by atoms with Crippen LogP contribution in [0.4, 0.5) is 0 Å². The molecule has 0 aliphatic heterocycles. The van der Waals surface area contributed by atoms with Crippen LogP contribution in [0.3, 0.4) is 0 Å². The highest BCUT2D eigenvalue weighted by Gasteiger charge is 1.98. The zero-order chi connectivity index (χ0) is 12.0. The molecule has 0 unspecified atom stereocenters. The fraction of sp³-hybridized carbons (Fsp3) is 0.167. The molecule has 0 aromatic heterocycles. The first kappa shape index (κ1) is 12.0. The summed E-state index contributed by atoms with van der Waals surface area (Å²) >= 11 is 0. The third-order valence-corrected chi connectivity index (χ3v) is 2.02. The number of benzene rings is 1. The molecule has 16 heavy (non-hydrogen) atoms. The van der Waals surface area contributed by atoms with Crippen LogP contribution in [0.2, 0.25) is 0 Å². The Morgan fingerprint density at radius 2 is 2.00 bits per heavy atom. The van der Waals surface area contributed by atoms with Crippen molar-refractivity contribution < 1.29 is 9.90 Å². The second kappa shape index (κ2) is 5.70. The molecule has 0 saturated carbocycles. The first-order chi connectivity index (χ1) is 7.59. The van der Waals surface area contributed by atoms with E-state index in [1.165, 1.54) is 5.01 Å². The van der Waals surface area contributed by atoms with Crippen molar-refractivity contribution in [2.45, 2.75) is 6.92 Å². The van der Waals surface area contributed by atoms with Gasteiger partial charge in [-0.1, -0.05) is 30.3 Å². The molecule has 4 nitrogen and oxygen atoms in total. The molecule has 0 bridgehead atoms. The Morgan fingerprint density at radius 3 is 2.56 bits per heavy atom. The molecular formula is C12H14N2O2. The van der Waals surface area contributed by atoms with Gasteiger partial charge in [-0.2, -0.15) is 5.10 Å². The van der Waals surface area contributed by atoms with Crippen molar-refractivity contribution in [2.24, 2.45) is 5.10 Å². The predicted molar refractivity (Wildman–Crippen MR) is 63.2 cm³/mol. The van der Waals surface area contributed by atoms with Crippen LogP contribution in [0, 0.1) is 0 Å². The summed E-state index contributed by atoms with van der Waals surface area (Å²) < 4.78 is 0. The fourth-order valence-corrected chi connectivity index (χ4v) is 1.06. The van der Waals surface area contributed by atoms with Gasteiger partial charge in [-0.25, -0.2) is 4.79 Å². The Balaban J connectivity index is 2.68. The standard InChI is InChI=1S/C12H14N2O2/c1-10(8-12(15)16)14(2)13-9-11-6-4-3-5-7-11/h3-9H,1-2H3,(H,15,16). The van der Waals surface area contributed by atoms with Gasteiger partial charge in [0.1, 0.15) is 0 Å². The monoisotopic (exact) mass is 218 g/mol. The lowest BCUT2D eigenvalue weighted by molar-refractivity contribution is -0.131. The van der Waals surface area contributed by atoms with Gasteiger partial charge in [-0.05, 0) is 12.5 Å². The van der Waals surface area contributed by atoms with E-state index in [1.54, 1.807) is 20.2 Å². The average molecular weight is 218 g/mol. The average Bonchev–Trinajstić information content (AvgIpc) is 2.26. The van der Waals surface area contributed by atoms with Crippen molar-refractivity contribution in [1.29, 1.82) is 0 Å². The highest BCUT2D eigenvalue weighted by molar-refractivity contribution is 5.81. The third kappa shape index (κ3) is 3.96. The van der Waals surface area contributed by atoms with Gasteiger partial charge in [-0.3, -0.25) is 5.01 Å². The number of carbonyl (C=O) groups is 1. The van der Waals surface area contributed by atoms with E-state index in [2.05, 4.69) is 5.10 Å². The molecule has 84 valence electrons. The van der Waals surface area contributed by atoms with E-state index in [0.29, 0.717) is 5.70 Å². The lowest BCUT2D eigenvalue weighted by Gasteiger charge is -2.11. The molecule has 1 aromatic rings. The van der Waals surface area contributed by atoms with Crippen LogP contribution in [0.1, 0.15) is 12.5 Å². The summed E-state index contributed by atoms with van der Waals surface area (Å²) in [5, 5.41) is 14.2. The Hall–Kier alpha value is -2.10. The number of allylic oxidation sites excluding steroid dienone is 1. The lowest BCUT2D eigenvalue weighted by Crippen LogP contribution is -2.10. The number of aliphatic carboxylic acids is 1. The molecule has 0 radical (unpaired) electrons. The Morgan fingerprint density at radius 1 is 1.38 bits per heavy atom. The minimum absolute atomic E-state index is 0.569. The summed E-state index contributed by atoms with van der Waals surface area (Å²) in [4.78, 5) is 10.4. The lowest BCUT2D eigenvalue weighted by atomic mass is 10.2. The van der Waals surface area contributed by atoms with Gasteiger partial charge in [-0.15, -0.1) is 0 Å². The van der Waals surface area contributed by atoms with E-state index >= 15 is 0 Å². The zero-order valence-electron chi connectivity index (χ0n) is 9.29. The van der Waals surface area contributed by atoms with Crippen molar-refractivity contribution in [2.75, 3.05) is 7.05 Å². The summed E-state index contributed by atoms with van der Waals surface area (Å²) in [6.07, 6.45) is 2.79. The summed E-state index contributed by atoms with van der Waals surface area (Å²) in [6.45, 7) is 1.69. The summed E-state index contributed by atoms with van der Waals surface area (Å²) in [5.41, 5.74) is 1.54. The molecule has 1 rings (SSSR count). The highest BCUT2D eigenvalue weighted by Crippen LogP contribution is 2.01. The van der Waals surface area contributed by atoms with Crippen molar-refractivity contribution in [3.63, 3.8) is 0 Å². The number of hydrazone groups is 1. The maximum absolute atomic E-state index is 10.4. The SMILES string of the molecule is CC(=CC(=O)O)N(C)N=Cc1ccccc1. The van der Waals surface area contributed by atoms with Crippen LogP contribution in [0.15, 0.2) is 47.2 Å². The van der Waals surface area contributed by atoms with Crippen molar-refractivity contribution in [3.8, 4) is 0 Å². The second-order valence-electron chi connectivity index (χ2n) is 3.30. The molecule has 1 N–H and O–H groups in total. The van der Waals surface area contributed by atoms with Crippen LogP contribution in [-0.4, -0.2) is 29.3 Å². The van der Waals surface area contributed by atoms with E-state index in [-0.39, 0.29) is 0 Å². The van der Waals surface area contributed by atoms with Crippen LogP contribution in [0.5, 0.6) is 0 Å². The van der Waals surface area contributed by atoms with Crippen molar-refractivity contribution in [1.82, 2.24) is 5.01 Å². The number of hydrogen-bond acceptors (Lipinski definition) is 3. The molecule has 0 saturated heterocycles. The number of hydrogen-bond donors (Lipinski definition) is 1. The molecule has 0 spiro atoms. The van der Waals surface area contributed by atoms with Crippen molar-refractivity contribution in [3.05, 3.63) is 47.7 Å². The summed E-state index contributed by atoms with van der Waals surface area (Å²) in [7, 11) is 1.70. The summed E-state index contributed by atoms with van der Waals surface area (Å²) in [6, 6.07) is 9.61. The minimum atomic E-state index is -0.973. The fourth-order valence-electron chi connectivity index (χ4n) is 1.06. The molecule has 0 aliphatic carbocycles. The van der Waals surface area contributed by atoms with E-state index in [9.17, 15) is 4.79 Å². The molecule has 4 heteroatoms. The van der Waals surface area contributed by atoms with Gasteiger partial charge in [0.25, 0.3) is 0 Å². The number of nitrogens with zero attached hydrogens (tertiary/aromatic N) is 2. The molecule has 0 amide bonds. The van der Waals surface area contributed by atoms with Crippen LogP contribution in [-0.2, 0) is 4.79 Å². The first-order valence-corrected chi connectivity index (χ1v) is 4.83. The molecule has 0 aliphatic rings. The highest BCUT2D eigenvalue weighted by atomic mass is 16.4. The molecule has 0 heterocycles. The number of carboxylic acids is 1. The molecule has 0 fully saturated rings. The zero-order valence-corrected chi connectivity index (χ0v) is 9.29. The largest absolute Gasteiger partial charge is 0.478 e. The van der Waals surface area contributed by atoms with Gasteiger partial charge >= 0.3 is 5.97 Å². The normalized spacial score (nSPS) is 11.8. The van der Waals surface area contributed by atoms with E-state index < -0.39 is 5.97 Å². The minimum Gasteiger partial charge on any atom is -0.478 e. The third-order valence-electron chi connectivity index (χ3n) is 2.02. The van der Waals surface area contributed by atoms with Crippen LogP contribution >= 0.6 is 0 Å². The van der Waals surface area contributed by atoms with E-state index in [1.807, 2.05) is 30.3 Å². The topological polar surface area (TPSA) is 52.9 Å². The second-order valence-corrected chi connectivity index (χ2v) is 3.30. The molecular weight excluding hydrogens is 204 g/mol. The van der Waals surface area contributed by atoms with Gasteiger partial charge < -0.3 is 5.11 Å². The van der Waals surface area contributed by atoms with Gasteiger partial charge in [0.05, 0.1) is 6.21 Å². The van der Waals surface area contributed by atoms with Crippen LogP contribution in [0.25, 0.3) is 0 Å². The number of rotatable bonds is 4. The molecule has 1 aromatic carbocycles. The Kier molecular flexibility index (Phi) is 4.27. The smallest absolute Gasteiger partial charge is 0.330 e. The number of carboxylic acid groups (broad SMARTS) is 1. The summed E-state index contributed by atoms with van der Waals surface area (Å²) in [5.74, 6) is -0.973. The van der Waals surface area contributed by atoms with Gasteiger partial charge in [0, 0.05) is 18.8 Å². The van der Waals surface area contributed by atoms with E-state index in [4.69, 9.17) is 5.11 Å². The Labute approximate surface area is 94.5 Å². The maximum atomic E-state index is 10.4. The van der Waals surface area contributed by atoms with E-state index in [0.717, 1.165) is 11.6 Å². The first-order valence-electron chi connectivity index (χ1n) is 4.83. The Bertz CT molecular complexity index is 410. The van der Waals surface area contributed by atoms with Crippen LogP contribution < -0.4 is 0 Å². The quantitative estimate of drug-likeness (QED) is 0.477.